The number of carbonyl (C=O) groups excluding carboxylic acids is 1. The zero-order valence-corrected chi connectivity index (χ0v) is 10.3. The highest BCUT2D eigenvalue weighted by Crippen LogP contribution is 2.06. The lowest BCUT2D eigenvalue weighted by molar-refractivity contribution is 0.0523. The van der Waals surface area contributed by atoms with Crippen molar-refractivity contribution in [2.75, 3.05) is 0 Å². The van der Waals surface area contributed by atoms with Gasteiger partial charge in [0.25, 0.3) is 0 Å². The maximum Gasteiger partial charge on any atom is 0.407 e. The van der Waals surface area contributed by atoms with Gasteiger partial charge in [-0.15, -0.1) is 6.42 Å². The van der Waals surface area contributed by atoms with Crippen LogP contribution in [0.3, 0.4) is 0 Å². The summed E-state index contributed by atoms with van der Waals surface area (Å²) >= 11 is 0. The average Bonchev–Trinajstić information content (AvgIpc) is 2.25. The molecule has 1 amide bonds. The number of hydrogen-bond donors (Lipinski definition) is 1. The van der Waals surface area contributed by atoms with Gasteiger partial charge in [-0.3, -0.25) is 4.98 Å². The van der Waals surface area contributed by atoms with E-state index in [2.05, 4.69) is 16.2 Å². The molecule has 1 N–H and O–H groups in total. The van der Waals surface area contributed by atoms with Crippen LogP contribution in [0.25, 0.3) is 0 Å². The first-order valence-electron chi connectivity index (χ1n) is 5.29. The van der Waals surface area contributed by atoms with Crippen molar-refractivity contribution in [1.82, 2.24) is 10.3 Å². The Bertz CT molecular complexity index is 424. The summed E-state index contributed by atoms with van der Waals surface area (Å²) in [5.41, 5.74) is 0.950. The predicted octanol–water partition coefficient (Wildman–Crippen LogP) is 2.09. The van der Waals surface area contributed by atoms with E-state index in [0.717, 1.165) is 5.69 Å². The van der Waals surface area contributed by atoms with Gasteiger partial charge in [0.2, 0.25) is 0 Å². The van der Waals surface area contributed by atoms with Gasteiger partial charge in [0.15, 0.2) is 0 Å². The number of ether oxygens (including phenoxy) is 1. The van der Waals surface area contributed by atoms with Crippen molar-refractivity contribution >= 4 is 6.09 Å². The third-order valence-electron chi connectivity index (χ3n) is 1.80. The lowest BCUT2D eigenvalue weighted by Crippen LogP contribution is -2.32. The van der Waals surface area contributed by atoms with Gasteiger partial charge >= 0.3 is 6.09 Å². The van der Waals surface area contributed by atoms with Crippen molar-refractivity contribution in [2.45, 2.75) is 32.9 Å². The SMILES string of the molecule is C#Cc1ccc(CNC(=O)OC(C)(C)C)nc1. The Morgan fingerprint density at radius 1 is 1.53 bits per heavy atom. The number of aromatic nitrogens is 1. The van der Waals surface area contributed by atoms with Crippen LogP contribution in [0.15, 0.2) is 18.3 Å². The Kier molecular flexibility index (Phi) is 4.11. The first kappa shape index (κ1) is 13.0. The summed E-state index contributed by atoms with van der Waals surface area (Å²) in [6.45, 7) is 5.76. The van der Waals surface area contributed by atoms with Crippen LogP contribution >= 0.6 is 0 Å². The maximum absolute atomic E-state index is 11.4. The van der Waals surface area contributed by atoms with Crippen LogP contribution in [-0.2, 0) is 11.3 Å². The first-order chi connectivity index (χ1) is 7.90. The molecule has 0 saturated carbocycles. The fraction of sp³-hybridized carbons (Fsp3) is 0.385. The number of terminal acetylenes is 1. The number of rotatable bonds is 2. The smallest absolute Gasteiger partial charge is 0.407 e. The molecule has 1 aromatic heterocycles. The lowest BCUT2D eigenvalue weighted by atomic mass is 10.2. The van der Waals surface area contributed by atoms with Crippen molar-refractivity contribution in [2.24, 2.45) is 0 Å². The normalized spacial score (nSPS) is 10.5. The van der Waals surface area contributed by atoms with Gasteiger partial charge in [-0.2, -0.15) is 0 Å². The second kappa shape index (κ2) is 5.35. The van der Waals surface area contributed by atoms with E-state index in [1.807, 2.05) is 20.8 Å². The van der Waals surface area contributed by atoms with Crippen molar-refractivity contribution in [1.29, 1.82) is 0 Å². The summed E-state index contributed by atoms with van der Waals surface area (Å²) < 4.78 is 5.09. The quantitative estimate of drug-likeness (QED) is 0.794. The molecule has 0 saturated heterocycles. The van der Waals surface area contributed by atoms with Gasteiger partial charge < -0.3 is 10.1 Å². The Morgan fingerprint density at radius 3 is 2.71 bits per heavy atom. The summed E-state index contributed by atoms with van der Waals surface area (Å²) in [5.74, 6) is 2.48. The van der Waals surface area contributed by atoms with Crippen LogP contribution < -0.4 is 5.32 Å². The average molecular weight is 232 g/mol. The van der Waals surface area contributed by atoms with E-state index in [-0.39, 0.29) is 0 Å². The van der Waals surface area contributed by atoms with E-state index in [1.165, 1.54) is 0 Å². The topological polar surface area (TPSA) is 51.2 Å². The number of carbonyl (C=O) groups is 1. The Hall–Kier alpha value is -2.02. The highest BCUT2D eigenvalue weighted by atomic mass is 16.6. The van der Waals surface area contributed by atoms with Crippen molar-refractivity contribution in [3.63, 3.8) is 0 Å². The monoisotopic (exact) mass is 232 g/mol. The number of nitrogens with one attached hydrogen (secondary N) is 1. The van der Waals surface area contributed by atoms with Crippen LogP contribution in [0.4, 0.5) is 4.79 Å². The van der Waals surface area contributed by atoms with E-state index >= 15 is 0 Å². The molecular formula is C13H16N2O2. The van der Waals surface area contributed by atoms with Gasteiger partial charge in [0, 0.05) is 11.8 Å². The van der Waals surface area contributed by atoms with E-state index < -0.39 is 11.7 Å². The Morgan fingerprint density at radius 2 is 2.24 bits per heavy atom. The number of nitrogens with zero attached hydrogens (tertiary/aromatic N) is 1. The fourth-order valence-electron chi connectivity index (χ4n) is 1.09. The van der Waals surface area contributed by atoms with Crippen molar-refractivity contribution in [3.05, 3.63) is 29.6 Å². The summed E-state index contributed by atoms with van der Waals surface area (Å²) in [5, 5.41) is 2.62. The summed E-state index contributed by atoms with van der Waals surface area (Å²) in [6.07, 6.45) is 6.34. The summed E-state index contributed by atoms with van der Waals surface area (Å²) in [7, 11) is 0. The van der Waals surface area contributed by atoms with E-state index in [9.17, 15) is 4.79 Å². The molecule has 1 aromatic rings. The maximum atomic E-state index is 11.4. The number of pyridine rings is 1. The van der Waals surface area contributed by atoms with Crippen LogP contribution in [-0.4, -0.2) is 16.7 Å². The Balaban J connectivity index is 2.45. The molecule has 1 rings (SSSR count). The van der Waals surface area contributed by atoms with Crippen LogP contribution in [0, 0.1) is 12.3 Å². The van der Waals surface area contributed by atoms with Crippen LogP contribution in [0.5, 0.6) is 0 Å². The van der Waals surface area contributed by atoms with Gasteiger partial charge in [-0.1, -0.05) is 5.92 Å². The molecule has 0 spiro atoms. The summed E-state index contributed by atoms with van der Waals surface area (Å²) in [4.78, 5) is 15.5. The van der Waals surface area contributed by atoms with Gasteiger partial charge in [-0.05, 0) is 32.9 Å². The molecule has 1 heterocycles. The molecule has 0 atom stereocenters. The van der Waals surface area contributed by atoms with Crippen molar-refractivity contribution in [3.8, 4) is 12.3 Å². The molecule has 17 heavy (non-hydrogen) atoms. The molecule has 0 fully saturated rings. The van der Waals surface area contributed by atoms with Crippen molar-refractivity contribution < 1.29 is 9.53 Å². The molecule has 0 unspecified atom stereocenters. The largest absolute Gasteiger partial charge is 0.444 e. The zero-order chi connectivity index (χ0) is 12.9. The number of hydrogen-bond acceptors (Lipinski definition) is 3. The molecule has 4 heteroatoms. The molecule has 0 aromatic carbocycles. The molecule has 0 radical (unpaired) electrons. The third-order valence-corrected chi connectivity index (χ3v) is 1.80. The standard InChI is InChI=1S/C13H16N2O2/c1-5-10-6-7-11(14-8-10)9-15-12(16)17-13(2,3)4/h1,6-8H,9H2,2-4H3,(H,15,16). The lowest BCUT2D eigenvalue weighted by Gasteiger charge is -2.19. The third kappa shape index (κ3) is 5.03. The molecule has 0 aliphatic heterocycles. The molecule has 90 valence electrons. The minimum atomic E-state index is -0.495. The van der Waals surface area contributed by atoms with Gasteiger partial charge in [0.1, 0.15) is 5.60 Å². The minimum Gasteiger partial charge on any atom is -0.444 e. The second-order valence-corrected chi connectivity index (χ2v) is 4.54. The highest BCUT2D eigenvalue weighted by Gasteiger charge is 2.15. The first-order valence-corrected chi connectivity index (χ1v) is 5.29. The zero-order valence-electron chi connectivity index (χ0n) is 10.3. The Labute approximate surface area is 101 Å². The van der Waals surface area contributed by atoms with Gasteiger partial charge in [-0.25, -0.2) is 4.79 Å². The number of alkyl carbamates (subject to hydrolysis) is 1. The van der Waals surface area contributed by atoms with Crippen LogP contribution in [0.2, 0.25) is 0 Å². The van der Waals surface area contributed by atoms with E-state index in [1.54, 1.807) is 18.3 Å². The predicted molar refractivity (Wildman–Crippen MR) is 65.2 cm³/mol. The summed E-state index contributed by atoms with van der Waals surface area (Å²) in [6, 6.07) is 3.55. The highest BCUT2D eigenvalue weighted by molar-refractivity contribution is 5.67. The molecule has 0 aliphatic carbocycles. The minimum absolute atomic E-state index is 0.319. The fourth-order valence-corrected chi connectivity index (χ4v) is 1.09. The second-order valence-electron chi connectivity index (χ2n) is 4.54. The molecule has 0 bridgehead atoms. The number of amides is 1. The van der Waals surface area contributed by atoms with E-state index in [4.69, 9.17) is 11.2 Å². The van der Waals surface area contributed by atoms with Gasteiger partial charge in [0.05, 0.1) is 12.2 Å². The molecule has 0 aliphatic rings. The molecular weight excluding hydrogens is 216 g/mol. The molecule has 4 nitrogen and oxygen atoms in total. The van der Waals surface area contributed by atoms with E-state index in [0.29, 0.717) is 12.1 Å². The van der Waals surface area contributed by atoms with Crippen LogP contribution in [0.1, 0.15) is 32.0 Å².